The molecule has 1 aromatic rings. The number of esters is 1. The zero-order valence-electron chi connectivity index (χ0n) is 9.46. The maximum absolute atomic E-state index is 12.6. The number of rotatable bonds is 2. The lowest BCUT2D eigenvalue weighted by Crippen LogP contribution is -2.21. The van der Waals surface area contributed by atoms with E-state index in [4.69, 9.17) is 5.11 Å². The number of aromatic nitrogens is 1. The van der Waals surface area contributed by atoms with Crippen molar-refractivity contribution in [2.45, 2.75) is 12.5 Å². The van der Waals surface area contributed by atoms with Crippen LogP contribution in [0.3, 0.4) is 0 Å². The molecule has 20 heavy (non-hydrogen) atoms. The summed E-state index contributed by atoms with van der Waals surface area (Å²) in [4.78, 5) is 13.8. The Kier molecular flexibility index (Phi) is 4.01. The van der Waals surface area contributed by atoms with Gasteiger partial charge in [-0.05, 0) is 0 Å². The quantitative estimate of drug-likeness (QED) is 0.671. The number of pyridine rings is 1. The fourth-order valence-corrected chi connectivity index (χ4v) is 1.14. The predicted octanol–water partition coefficient (Wildman–Crippen LogP) is 2.49. The van der Waals surface area contributed by atoms with Gasteiger partial charge >= 0.3 is 18.5 Å². The maximum Gasteiger partial charge on any atom is 0.574 e. The van der Waals surface area contributed by atoms with Crippen molar-refractivity contribution >= 4 is 5.97 Å². The monoisotopic (exact) mass is 305 g/mol. The minimum Gasteiger partial charge on any atom is -0.503 e. The fourth-order valence-electron chi connectivity index (χ4n) is 1.14. The van der Waals surface area contributed by atoms with Gasteiger partial charge in [0.1, 0.15) is 0 Å². The molecule has 0 amide bonds. The number of nitrogens with zero attached hydrogens (tertiary/aromatic N) is 1. The molecule has 0 spiro atoms. The summed E-state index contributed by atoms with van der Waals surface area (Å²) in [5, 5.41) is 9.06. The van der Waals surface area contributed by atoms with Crippen LogP contribution in [-0.4, -0.2) is 29.5 Å². The zero-order chi connectivity index (χ0) is 15.7. The van der Waals surface area contributed by atoms with Gasteiger partial charge in [0.05, 0.1) is 12.7 Å². The van der Waals surface area contributed by atoms with Gasteiger partial charge in [0.15, 0.2) is 11.4 Å². The van der Waals surface area contributed by atoms with Crippen LogP contribution >= 0.6 is 0 Å². The van der Waals surface area contributed by atoms with Crippen LogP contribution in [0.1, 0.15) is 16.1 Å². The first-order valence-corrected chi connectivity index (χ1v) is 4.61. The van der Waals surface area contributed by atoms with Gasteiger partial charge in [-0.3, -0.25) is 0 Å². The highest BCUT2D eigenvalue weighted by molar-refractivity contribution is 5.89. The van der Waals surface area contributed by atoms with Gasteiger partial charge in [-0.1, -0.05) is 0 Å². The summed E-state index contributed by atoms with van der Waals surface area (Å²) in [6.45, 7) is 0. The molecule has 0 aliphatic rings. The van der Waals surface area contributed by atoms with Crippen LogP contribution in [0.5, 0.6) is 11.6 Å². The average molecular weight is 305 g/mol. The Morgan fingerprint density at radius 2 is 1.80 bits per heavy atom. The molecule has 0 radical (unpaired) electrons. The SMILES string of the molecule is COC(=O)c1nc(OC(F)(F)F)c(O)cc1C(F)(F)F. The second kappa shape index (κ2) is 5.06. The Morgan fingerprint density at radius 3 is 2.20 bits per heavy atom. The lowest BCUT2D eigenvalue weighted by Gasteiger charge is -2.14. The minimum atomic E-state index is -5.31. The summed E-state index contributed by atoms with van der Waals surface area (Å²) < 4.78 is 80.8. The number of hydrogen-bond donors (Lipinski definition) is 1. The summed E-state index contributed by atoms with van der Waals surface area (Å²) in [6.07, 6.45) is -10.4. The second-order valence-electron chi connectivity index (χ2n) is 3.25. The van der Waals surface area contributed by atoms with Gasteiger partial charge in [0.2, 0.25) is 0 Å². The Bertz CT molecular complexity index is 524. The van der Waals surface area contributed by atoms with E-state index >= 15 is 0 Å². The number of halogens is 6. The molecule has 0 aromatic carbocycles. The van der Waals surface area contributed by atoms with E-state index in [0.29, 0.717) is 7.11 Å². The van der Waals surface area contributed by atoms with Crippen molar-refractivity contribution in [1.29, 1.82) is 0 Å². The molecule has 1 N–H and O–H groups in total. The van der Waals surface area contributed by atoms with Crippen molar-refractivity contribution in [3.05, 3.63) is 17.3 Å². The van der Waals surface area contributed by atoms with Gasteiger partial charge < -0.3 is 14.6 Å². The summed E-state index contributed by atoms with van der Waals surface area (Å²) in [5.74, 6) is -4.75. The van der Waals surface area contributed by atoms with Crippen LogP contribution in [0.25, 0.3) is 0 Å². The average Bonchev–Trinajstić information content (AvgIpc) is 2.27. The lowest BCUT2D eigenvalue weighted by atomic mass is 10.1. The predicted molar refractivity (Wildman–Crippen MR) is 48.9 cm³/mol. The number of aromatic hydroxyl groups is 1. The number of ether oxygens (including phenoxy) is 2. The van der Waals surface area contributed by atoms with Crippen LogP contribution in [-0.2, 0) is 10.9 Å². The second-order valence-corrected chi connectivity index (χ2v) is 3.25. The van der Waals surface area contributed by atoms with Crippen LogP contribution in [0, 0.1) is 0 Å². The molecular formula is C9H5F6NO4. The van der Waals surface area contributed by atoms with Gasteiger partial charge in [0, 0.05) is 6.07 Å². The molecule has 1 heterocycles. The van der Waals surface area contributed by atoms with E-state index < -0.39 is 41.4 Å². The highest BCUT2D eigenvalue weighted by atomic mass is 19.4. The molecule has 0 unspecified atom stereocenters. The van der Waals surface area contributed by atoms with Gasteiger partial charge in [0.25, 0.3) is 5.88 Å². The molecule has 112 valence electrons. The third kappa shape index (κ3) is 3.65. The first kappa shape index (κ1) is 15.9. The molecule has 0 bridgehead atoms. The van der Waals surface area contributed by atoms with Crippen LogP contribution in [0.2, 0.25) is 0 Å². The molecule has 11 heteroatoms. The normalized spacial score (nSPS) is 12.2. The molecule has 1 rings (SSSR count). The molecule has 0 saturated carbocycles. The summed E-state index contributed by atoms with van der Waals surface area (Å²) in [7, 11) is 0.710. The molecule has 5 nitrogen and oxygen atoms in total. The Balaban J connectivity index is 3.44. The Morgan fingerprint density at radius 1 is 1.25 bits per heavy atom. The topological polar surface area (TPSA) is 68.7 Å². The lowest BCUT2D eigenvalue weighted by molar-refractivity contribution is -0.276. The molecule has 1 aromatic heterocycles. The fraction of sp³-hybridized carbons (Fsp3) is 0.333. The highest BCUT2D eigenvalue weighted by Crippen LogP contribution is 2.38. The van der Waals surface area contributed by atoms with Gasteiger partial charge in [-0.2, -0.15) is 13.2 Å². The molecule has 0 atom stereocenters. The standard InChI is InChI=1S/C9H5F6NO4/c1-19-7(18)5-3(8(10,11)12)2-4(17)6(16-5)20-9(13,14)15/h2,17H,1H3. The Labute approximate surface area is 106 Å². The van der Waals surface area contributed by atoms with Crippen molar-refractivity contribution in [3.8, 4) is 11.6 Å². The molecule has 0 aliphatic heterocycles. The number of methoxy groups -OCH3 is 1. The van der Waals surface area contributed by atoms with E-state index in [1.807, 2.05) is 0 Å². The molecule has 0 fully saturated rings. The van der Waals surface area contributed by atoms with Crippen LogP contribution in [0.4, 0.5) is 26.3 Å². The third-order valence-corrected chi connectivity index (χ3v) is 1.87. The summed E-state index contributed by atoms with van der Waals surface area (Å²) in [6, 6.07) is -0.111. The van der Waals surface area contributed by atoms with Crippen LogP contribution < -0.4 is 4.74 Å². The minimum absolute atomic E-state index is 0.111. The van der Waals surface area contributed by atoms with E-state index in [1.165, 1.54) is 0 Å². The van der Waals surface area contributed by atoms with E-state index in [1.54, 1.807) is 0 Å². The van der Waals surface area contributed by atoms with E-state index in [2.05, 4.69) is 14.5 Å². The number of alkyl halides is 6. The number of carbonyl (C=O) groups is 1. The number of carbonyl (C=O) groups excluding carboxylic acids is 1. The van der Waals surface area contributed by atoms with Crippen molar-refractivity contribution in [3.63, 3.8) is 0 Å². The number of hydrogen-bond acceptors (Lipinski definition) is 5. The maximum atomic E-state index is 12.6. The van der Waals surface area contributed by atoms with Crippen molar-refractivity contribution in [1.82, 2.24) is 4.98 Å². The third-order valence-electron chi connectivity index (χ3n) is 1.87. The molecular weight excluding hydrogens is 300 g/mol. The molecule has 0 saturated heterocycles. The van der Waals surface area contributed by atoms with Crippen molar-refractivity contribution in [2.24, 2.45) is 0 Å². The van der Waals surface area contributed by atoms with Gasteiger partial charge in [-0.25, -0.2) is 9.78 Å². The summed E-state index contributed by atoms with van der Waals surface area (Å²) >= 11 is 0. The van der Waals surface area contributed by atoms with E-state index in [9.17, 15) is 31.1 Å². The van der Waals surface area contributed by atoms with Crippen molar-refractivity contribution < 1.29 is 45.7 Å². The summed E-state index contributed by atoms with van der Waals surface area (Å²) in [5.41, 5.74) is -3.21. The largest absolute Gasteiger partial charge is 0.574 e. The first-order valence-electron chi connectivity index (χ1n) is 4.61. The van der Waals surface area contributed by atoms with Gasteiger partial charge in [-0.15, -0.1) is 13.2 Å². The first-order chi connectivity index (χ1) is 8.95. The van der Waals surface area contributed by atoms with Crippen molar-refractivity contribution in [2.75, 3.05) is 7.11 Å². The molecule has 0 aliphatic carbocycles. The zero-order valence-corrected chi connectivity index (χ0v) is 9.46. The Hall–Kier alpha value is -2.20. The van der Waals surface area contributed by atoms with E-state index in [0.717, 1.165) is 0 Å². The highest BCUT2D eigenvalue weighted by Gasteiger charge is 2.40. The smallest absolute Gasteiger partial charge is 0.503 e. The van der Waals surface area contributed by atoms with Crippen LogP contribution in [0.15, 0.2) is 6.07 Å². The van der Waals surface area contributed by atoms with E-state index in [-0.39, 0.29) is 6.07 Å².